The van der Waals surface area contributed by atoms with Gasteiger partial charge in [0.15, 0.2) is 0 Å². The molecule has 1 aromatic carbocycles. The molecule has 0 N–H and O–H groups in total. The van der Waals surface area contributed by atoms with Crippen LogP contribution in [-0.4, -0.2) is 12.5 Å². The van der Waals surface area contributed by atoms with Crippen LogP contribution in [-0.2, 0) is 4.79 Å². The lowest BCUT2D eigenvalue weighted by molar-refractivity contribution is -0.107. The maximum absolute atomic E-state index is 10.2. The van der Waals surface area contributed by atoms with E-state index in [0.717, 1.165) is 12.7 Å². The molecular formula is C12H14OS. The Morgan fingerprint density at radius 1 is 1.36 bits per heavy atom. The minimum atomic E-state index is 0.611. The van der Waals surface area contributed by atoms with E-state index >= 15 is 0 Å². The Balaban J connectivity index is 2.68. The topological polar surface area (TPSA) is 17.1 Å². The summed E-state index contributed by atoms with van der Waals surface area (Å²) in [4.78, 5) is 11.5. The third-order valence-electron chi connectivity index (χ3n) is 1.90. The average molecular weight is 206 g/mol. The highest BCUT2D eigenvalue weighted by molar-refractivity contribution is 8.02. The molecule has 0 heterocycles. The maximum Gasteiger partial charge on any atom is 0.120 e. The monoisotopic (exact) mass is 206 g/mol. The normalized spacial score (nSPS) is 11.4. The summed E-state index contributed by atoms with van der Waals surface area (Å²) >= 11 is 1.71. The second-order valence-corrected chi connectivity index (χ2v) is 3.86. The van der Waals surface area contributed by atoms with Crippen LogP contribution < -0.4 is 0 Å². The Labute approximate surface area is 89.2 Å². The Kier molecular flexibility index (Phi) is 5.08. The molecule has 0 saturated heterocycles. The molecule has 1 nitrogen and oxygen atoms in total. The molecule has 0 radical (unpaired) electrons. The molecule has 2 heteroatoms. The van der Waals surface area contributed by atoms with E-state index < -0.39 is 0 Å². The summed E-state index contributed by atoms with van der Waals surface area (Å²) in [6.45, 7) is 0. The van der Waals surface area contributed by atoms with E-state index in [1.54, 1.807) is 11.8 Å². The van der Waals surface area contributed by atoms with Crippen molar-refractivity contribution in [1.29, 1.82) is 0 Å². The van der Waals surface area contributed by atoms with Gasteiger partial charge in [0.05, 0.1) is 0 Å². The van der Waals surface area contributed by atoms with Crippen molar-refractivity contribution in [3.05, 3.63) is 40.8 Å². The van der Waals surface area contributed by atoms with E-state index in [-0.39, 0.29) is 0 Å². The van der Waals surface area contributed by atoms with Crippen molar-refractivity contribution in [1.82, 2.24) is 0 Å². The van der Waals surface area contributed by atoms with Gasteiger partial charge < -0.3 is 4.79 Å². The Hall–Kier alpha value is -1.02. The van der Waals surface area contributed by atoms with Gasteiger partial charge in [0, 0.05) is 6.42 Å². The zero-order valence-electron chi connectivity index (χ0n) is 8.27. The van der Waals surface area contributed by atoms with Crippen molar-refractivity contribution in [2.24, 2.45) is 0 Å². The molecule has 0 aliphatic rings. The lowest BCUT2D eigenvalue weighted by atomic mass is 10.2. The van der Waals surface area contributed by atoms with E-state index in [4.69, 9.17) is 0 Å². The summed E-state index contributed by atoms with van der Waals surface area (Å²) < 4.78 is 0. The van der Waals surface area contributed by atoms with Crippen molar-refractivity contribution >= 4 is 24.1 Å². The molecule has 0 amide bonds. The zero-order valence-corrected chi connectivity index (χ0v) is 9.09. The van der Waals surface area contributed by atoms with Gasteiger partial charge in [0.1, 0.15) is 6.29 Å². The fourth-order valence-electron chi connectivity index (χ4n) is 1.17. The number of thioether (sulfide) groups is 1. The van der Waals surface area contributed by atoms with E-state index in [2.05, 4.69) is 18.2 Å². The summed E-state index contributed by atoms with van der Waals surface area (Å²) in [6, 6.07) is 10.2. The number of hydrogen-bond acceptors (Lipinski definition) is 2. The predicted molar refractivity (Wildman–Crippen MR) is 63.2 cm³/mol. The average Bonchev–Trinajstić information content (AvgIpc) is 2.25. The molecule has 0 spiro atoms. The van der Waals surface area contributed by atoms with Gasteiger partial charge in [-0.1, -0.05) is 30.3 Å². The van der Waals surface area contributed by atoms with Crippen LogP contribution in [0.15, 0.2) is 35.2 Å². The molecule has 14 heavy (non-hydrogen) atoms. The second-order valence-electron chi connectivity index (χ2n) is 2.93. The lowest BCUT2D eigenvalue weighted by Gasteiger charge is -2.01. The first-order valence-corrected chi connectivity index (χ1v) is 5.82. The summed E-state index contributed by atoms with van der Waals surface area (Å²) in [5.74, 6) is 0. The first-order valence-electron chi connectivity index (χ1n) is 4.60. The minimum absolute atomic E-state index is 0.611. The molecular weight excluding hydrogens is 192 g/mol. The van der Waals surface area contributed by atoms with Gasteiger partial charge in [-0.05, 0) is 29.2 Å². The van der Waals surface area contributed by atoms with Gasteiger partial charge in [-0.2, -0.15) is 0 Å². The van der Waals surface area contributed by atoms with Crippen LogP contribution in [0.5, 0.6) is 0 Å². The minimum Gasteiger partial charge on any atom is -0.303 e. The Morgan fingerprint density at radius 2 is 2.07 bits per heavy atom. The molecule has 0 unspecified atom stereocenters. The number of allylic oxidation sites excluding steroid dienone is 1. The molecule has 0 atom stereocenters. The SMILES string of the molecule is CS/C(=C\c1ccccc1)CCC=O. The summed E-state index contributed by atoms with van der Waals surface area (Å²) in [6.07, 6.45) is 6.60. The van der Waals surface area contributed by atoms with Crippen molar-refractivity contribution in [3.8, 4) is 0 Å². The summed E-state index contributed by atoms with van der Waals surface area (Å²) in [7, 11) is 0. The third-order valence-corrected chi connectivity index (χ3v) is 2.74. The smallest absolute Gasteiger partial charge is 0.120 e. The molecule has 74 valence electrons. The number of carbonyl (C=O) groups excluding carboxylic acids is 1. The van der Waals surface area contributed by atoms with E-state index in [9.17, 15) is 4.79 Å². The molecule has 1 rings (SSSR count). The molecule has 0 fully saturated rings. The molecule has 0 bridgehead atoms. The summed E-state index contributed by atoms with van der Waals surface area (Å²) in [5.41, 5.74) is 1.20. The molecule has 0 aliphatic carbocycles. The van der Waals surface area contributed by atoms with Crippen LogP contribution in [0.25, 0.3) is 6.08 Å². The van der Waals surface area contributed by atoms with Crippen LogP contribution >= 0.6 is 11.8 Å². The van der Waals surface area contributed by atoms with Crippen molar-refractivity contribution in [3.63, 3.8) is 0 Å². The first-order chi connectivity index (χ1) is 6.86. The van der Waals surface area contributed by atoms with Crippen LogP contribution in [0.1, 0.15) is 18.4 Å². The van der Waals surface area contributed by atoms with E-state index in [0.29, 0.717) is 6.42 Å². The van der Waals surface area contributed by atoms with E-state index in [1.165, 1.54) is 10.5 Å². The third kappa shape index (κ3) is 3.79. The van der Waals surface area contributed by atoms with Gasteiger partial charge in [-0.3, -0.25) is 0 Å². The first kappa shape index (κ1) is 11.1. The van der Waals surface area contributed by atoms with Gasteiger partial charge >= 0.3 is 0 Å². The number of benzene rings is 1. The molecule has 1 aromatic rings. The Bertz CT molecular complexity index is 303. The van der Waals surface area contributed by atoms with Gasteiger partial charge in [-0.15, -0.1) is 11.8 Å². The second kappa shape index (κ2) is 6.44. The van der Waals surface area contributed by atoms with Crippen LogP contribution in [0.2, 0.25) is 0 Å². The number of rotatable bonds is 5. The van der Waals surface area contributed by atoms with Crippen molar-refractivity contribution in [2.75, 3.05) is 6.26 Å². The van der Waals surface area contributed by atoms with Crippen LogP contribution in [0, 0.1) is 0 Å². The fourth-order valence-corrected chi connectivity index (χ4v) is 1.75. The number of carbonyl (C=O) groups is 1. The van der Waals surface area contributed by atoms with Gasteiger partial charge in [0.2, 0.25) is 0 Å². The quantitative estimate of drug-likeness (QED) is 0.687. The fraction of sp³-hybridized carbons (Fsp3) is 0.250. The largest absolute Gasteiger partial charge is 0.303 e. The highest BCUT2D eigenvalue weighted by Gasteiger charge is 1.95. The van der Waals surface area contributed by atoms with Crippen molar-refractivity contribution in [2.45, 2.75) is 12.8 Å². The highest BCUT2D eigenvalue weighted by Crippen LogP contribution is 2.20. The molecule has 0 aliphatic heterocycles. The van der Waals surface area contributed by atoms with E-state index in [1.807, 2.05) is 24.5 Å². The van der Waals surface area contributed by atoms with Crippen molar-refractivity contribution < 1.29 is 4.79 Å². The van der Waals surface area contributed by atoms with Crippen LogP contribution in [0.4, 0.5) is 0 Å². The van der Waals surface area contributed by atoms with Gasteiger partial charge in [0.25, 0.3) is 0 Å². The highest BCUT2D eigenvalue weighted by atomic mass is 32.2. The van der Waals surface area contributed by atoms with Crippen LogP contribution in [0.3, 0.4) is 0 Å². The zero-order chi connectivity index (χ0) is 10.2. The molecule has 0 aromatic heterocycles. The Morgan fingerprint density at radius 3 is 2.64 bits per heavy atom. The standard InChI is InChI=1S/C12H14OS/c1-14-12(8-5-9-13)10-11-6-3-2-4-7-11/h2-4,6-7,9-10H,5,8H2,1H3/b12-10-. The van der Waals surface area contributed by atoms with Gasteiger partial charge in [-0.25, -0.2) is 0 Å². The number of aldehydes is 1. The maximum atomic E-state index is 10.2. The predicted octanol–water partition coefficient (Wildman–Crippen LogP) is 3.37. The summed E-state index contributed by atoms with van der Waals surface area (Å²) in [5, 5.41) is 0. The molecule has 0 saturated carbocycles. The number of hydrogen-bond donors (Lipinski definition) is 0. The lowest BCUT2D eigenvalue weighted by Crippen LogP contribution is -1.80.